The van der Waals surface area contributed by atoms with E-state index in [1.165, 1.54) is 31.6 Å². The molecule has 0 spiro atoms. The van der Waals surface area contributed by atoms with Gasteiger partial charge in [-0.25, -0.2) is 0 Å². The molecular weight excluding hydrogens is 192 g/mol. The number of fused-ring (bicyclic) bond motifs is 5. The molecule has 0 unspecified atom stereocenters. The van der Waals surface area contributed by atoms with E-state index in [-0.39, 0.29) is 0 Å². The Balaban J connectivity index is 2.47. The number of benzene rings is 2. The molecule has 0 aromatic heterocycles. The van der Waals surface area contributed by atoms with Gasteiger partial charge < -0.3 is 0 Å². The van der Waals surface area contributed by atoms with Gasteiger partial charge in [0.1, 0.15) is 0 Å². The van der Waals surface area contributed by atoms with E-state index in [0.717, 1.165) is 12.8 Å². The largest absolute Gasteiger partial charge is 0.0728 e. The van der Waals surface area contributed by atoms with Gasteiger partial charge in [-0.3, -0.25) is 0 Å². The molecule has 0 heterocycles. The Bertz CT molecular complexity index is 767. The molecule has 0 bridgehead atoms. The van der Waals surface area contributed by atoms with Crippen LogP contribution in [-0.2, 0) is 0 Å². The fourth-order valence-corrected chi connectivity index (χ4v) is 2.91. The van der Waals surface area contributed by atoms with Crippen molar-refractivity contribution in [3.8, 4) is 0 Å². The fourth-order valence-electron chi connectivity index (χ4n) is 2.91. The van der Waals surface area contributed by atoms with Crippen molar-refractivity contribution in [2.75, 3.05) is 0 Å². The summed E-state index contributed by atoms with van der Waals surface area (Å²) in [4.78, 5) is 0. The maximum absolute atomic E-state index is 2.35. The SMILES string of the molecule is C1=c2ccc3ccc4c(c3c2=CC1)=CCC=4. The standard InChI is InChI=1S/C16H12/c1-3-11-7-9-13-10-8-12-4-2-6-15(12)16(13)14(11)5-1/h3-10H,1-2H2. The van der Waals surface area contributed by atoms with Gasteiger partial charge in [0.2, 0.25) is 0 Å². The first-order valence-corrected chi connectivity index (χ1v) is 5.86. The molecule has 0 atom stereocenters. The van der Waals surface area contributed by atoms with Crippen molar-refractivity contribution in [3.63, 3.8) is 0 Å². The van der Waals surface area contributed by atoms with Crippen LogP contribution in [-0.4, -0.2) is 0 Å². The summed E-state index contributed by atoms with van der Waals surface area (Å²) in [6.45, 7) is 0. The minimum absolute atomic E-state index is 1.09. The third-order valence-corrected chi connectivity index (χ3v) is 3.65. The molecule has 2 aliphatic rings. The smallest absolute Gasteiger partial charge is 0.00332 e. The Hall–Kier alpha value is -1.82. The second kappa shape index (κ2) is 2.85. The van der Waals surface area contributed by atoms with Crippen molar-refractivity contribution < 1.29 is 0 Å². The molecule has 2 aromatic rings. The maximum atomic E-state index is 2.35. The summed E-state index contributed by atoms with van der Waals surface area (Å²) in [5, 5.41) is 8.53. The quantitative estimate of drug-likeness (QED) is 0.594. The minimum atomic E-state index is 1.09. The van der Waals surface area contributed by atoms with Crippen LogP contribution in [0.4, 0.5) is 0 Å². The van der Waals surface area contributed by atoms with Crippen molar-refractivity contribution >= 4 is 35.1 Å². The third-order valence-electron chi connectivity index (χ3n) is 3.65. The molecule has 0 saturated carbocycles. The van der Waals surface area contributed by atoms with Gasteiger partial charge >= 0.3 is 0 Å². The molecule has 0 aliphatic heterocycles. The molecule has 16 heavy (non-hydrogen) atoms. The molecule has 0 radical (unpaired) electrons. The first kappa shape index (κ1) is 8.35. The lowest BCUT2D eigenvalue weighted by Crippen LogP contribution is -2.32. The van der Waals surface area contributed by atoms with Crippen LogP contribution < -0.4 is 20.9 Å². The molecule has 0 nitrogen and oxygen atoms in total. The molecule has 0 saturated heterocycles. The van der Waals surface area contributed by atoms with E-state index in [9.17, 15) is 0 Å². The monoisotopic (exact) mass is 204 g/mol. The van der Waals surface area contributed by atoms with Crippen LogP contribution >= 0.6 is 0 Å². The van der Waals surface area contributed by atoms with Crippen molar-refractivity contribution in [2.45, 2.75) is 12.8 Å². The number of hydrogen-bond donors (Lipinski definition) is 0. The summed E-state index contributed by atoms with van der Waals surface area (Å²) in [6.07, 6.45) is 11.5. The Morgan fingerprint density at radius 1 is 0.625 bits per heavy atom. The first-order chi connectivity index (χ1) is 7.93. The van der Waals surface area contributed by atoms with E-state index in [4.69, 9.17) is 0 Å². The summed E-state index contributed by atoms with van der Waals surface area (Å²) in [7, 11) is 0. The minimum Gasteiger partial charge on any atom is -0.0728 e. The van der Waals surface area contributed by atoms with Gasteiger partial charge in [-0.15, -0.1) is 0 Å². The van der Waals surface area contributed by atoms with E-state index in [1.54, 1.807) is 0 Å². The molecule has 0 N–H and O–H groups in total. The molecule has 76 valence electrons. The normalized spacial score (nSPS) is 15.8. The van der Waals surface area contributed by atoms with E-state index in [2.05, 4.69) is 48.6 Å². The van der Waals surface area contributed by atoms with E-state index < -0.39 is 0 Å². The predicted octanol–water partition coefficient (Wildman–Crippen LogP) is 0.769. The van der Waals surface area contributed by atoms with Crippen LogP contribution in [0.1, 0.15) is 12.8 Å². The van der Waals surface area contributed by atoms with Gasteiger partial charge in [0, 0.05) is 0 Å². The van der Waals surface area contributed by atoms with E-state index in [1.807, 2.05) is 0 Å². The van der Waals surface area contributed by atoms with Crippen molar-refractivity contribution in [1.29, 1.82) is 0 Å². The van der Waals surface area contributed by atoms with Gasteiger partial charge in [-0.1, -0.05) is 48.6 Å². The lowest BCUT2D eigenvalue weighted by molar-refractivity contribution is 1.55. The highest BCUT2D eigenvalue weighted by molar-refractivity contribution is 5.87. The van der Waals surface area contributed by atoms with Gasteiger partial charge in [-0.05, 0) is 44.5 Å². The second-order valence-corrected chi connectivity index (χ2v) is 4.52. The molecule has 4 rings (SSSR count). The lowest BCUT2D eigenvalue weighted by atomic mass is 10.0. The van der Waals surface area contributed by atoms with Crippen LogP contribution in [0.15, 0.2) is 24.3 Å². The van der Waals surface area contributed by atoms with Gasteiger partial charge in [0.25, 0.3) is 0 Å². The Labute approximate surface area is 93.5 Å². The summed E-state index contributed by atoms with van der Waals surface area (Å²) < 4.78 is 0. The Kier molecular flexibility index (Phi) is 1.49. The molecule has 0 heteroatoms. The molecule has 2 aliphatic carbocycles. The molecule has 2 aromatic carbocycles. The zero-order valence-electron chi connectivity index (χ0n) is 9.03. The number of hydrogen-bond acceptors (Lipinski definition) is 0. The highest BCUT2D eigenvalue weighted by atomic mass is 14.1. The topological polar surface area (TPSA) is 0 Å². The van der Waals surface area contributed by atoms with E-state index >= 15 is 0 Å². The van der Waals surface area contributed by atoms with Gasteiger partial charge in [0.05, 0.1) is 0 Å². The van der Waals surface area contributed by atoms with Crippen molar-refractivity contribution in [1.82, 2.24) is 0 Å². The summed E-state index contributed by atoms with van der Waals surface area (Å²) in [5.41, 5.74) is 0. The van der Waals surface area contributed by atoms with Crippen LogP contribution in [0.3, 0.4) is 0 Å². The molecule has 0 fully saturated rings. The highest BCUT2D eigenvalue weighted by Gasteiger charge is 2.04. The second-order valence-electron chi connectivity index (χ2n) is 4.52. The lowest BCUT2D eigenvalue weighted by Gasteiger charge is -1.99. The Morgan fingerprint density at radius 3 is 1.75 bits per heavy atom. The number of rotatable bonds is 0. The van der Waals surface area contributed by atoms with Crippen LogP contribution in [0.25, 0.3) is 35.1 Å². The van der Waals surface area contributed by atoms with Crippen LogP contribution in [0, 0.1) is 0 Å². The summed E-state index contributed by atoms with van der Waals surface area (Å²) >= 11 is 0. The molecule has 0 amide bonds. The summed E-state index contributed by atoms with van der Waals surface area (Å²) in [5.74, 6) is 0. The highest BCUT2D eigenvalue weighted by Crippen LogP contribution is 2.05. The average Bonchev–Trinajstić information content (AvgIpc) is 2.96. The van der Waals surface area contributed by atoms with Crippen molar-refractivity contribution in [2.24, 2.45) is 0 Å². The van der Waals surface area contributed by atoms with Crippen LogP contribution in [0.5, 0.6) is 0 Å². The first-order valence-electron chi connectivity index (χ1n) is 5.86. The van der Waals surface area contributed by atoms with E-state index in [0.29, 0.717) is 0 Å². The zero-order valence-corrected chi connectivity index (χ0v) is 9.03. The third kappa shape index (κ3) is 0.943. The summed E-state index contributed by atoms with van der Waals surface area (Å²) in [6, 6.07) is 8.98. The van der Waals surface area contributed by atoms with Crippen molar-refractivity contribution in [3.05, 3.63) is 45.1 Å². The van der Waals surface area contributed by atoms with Gasteiger partial charge in [-0.2, -0.15) is 0 Å². The Morgan fingerprint density at radius 2 is 1.19 bits per heavy atom. The fraction of sp³-hybridized carbons (Fsp3) is 0.125. The predicted molar refractivity (Wildman–Crippen MR) is 69.5 cm³/mol. The molecular formula is C16H12. The maximum Gasteiger partial charge on any atom is -0.00332 e. The zero-order chi connectivity index (χ0) is 10.5. The van der Waals surface area contributed by atoms with Gasteiger partial charge in [0.15, 0.2) is 0 Å². The van der Waals surface area contributed by atoms with Crippen LogP contribution in [0.2, 0.25) is 0 Å². The average molecular weight is 204 g/mol.